The minimum absolute atomic E-state index is 0.211. The van der Waals surface area contributed by atoms with Crippen molar-refractivity contribution in [3.63, 3.8) is 0 Å². The van der Waals surface area contributed by atoms with Gasteiger partial charge < -0.3 is 4.74 Å². The van der Waals surface area contributed by atoms with Crippen molar-refractivity contribution in [2.75, 3.05) is 13.7 Å². The molecule has 0 fully saturated rings. The van der Waals surface area contributed by atoms with Gasteiger partial charge in [-0.2, -0.15) is 4.89 Å². The number of rotatable bonds is 8. The number of carbonyl (C=O) groups is 2. The van der Waals surface area contributed by atoms with Crippen LogP contribution >= 0.6 is 0 Å². The van der Waals surface area contributed by atoms with Crippen LogP contribution in [0.2, 0.25) is 0 Å². The van der Waals surface area contributed by atoms with Crippen molar-refractivity contribution >= 4 is 11.9 Å². The van der Waals surface area contributed by atoms with Crippen LogP contribution in [0.15, 0.2) is 0 Å². The molecule has 0 saturated heterocycles. The minimum atomic E-state index is -0.417. The Labute approximate surface area is 89.6 Å². The highest BCUT2D eigenvalue weighted by Crippen LogP contribution is 2.03. The first-order valence-electron chi connectivity index (χ1n) is 5.09. The van der Waals surface area contributed by atoms with Gasteiger partial charge in [0.1, 0.15) is 0 Å². The van der Waals surface area contributed by atoms with Crippen molar-refractivity contribution in [1.82, 2.24) is 0 Å². The molecule has 0 heterocycles. The van der Waals surface area contributed by atoms with Gasteiger partial charge in [0.15, 0.2) is 0 Å². The second-order valence-electron chi connectivity index (χ2n) is 3.05. The largest absolute Gasteiger partial charge is 0.466 e. The zero-order valence-electron chi connectivity index (χ0n) is 9.28. The van der Waals surface area contributed by atoms with E-state index in [0.717, 1.165) is 6.42 Å². The molecule has 0 aliphatic rings. The van der Waals surface area contributed by atoms with E-state index in [9.17, 15) is 9.59 Å². The van der Waals surface area contributed by atoms with Crippen LogP contribution in [0, 0.1) is 0 Å². The van der Waals surface area contributed by atoms with Crippen LogP contribution in [0.1, 0.15) is 39.0 Å². The van der Waals surface area contributed by atoms with Gasteiger partial charge in [-0.15, -0.1) is 0 Å². The average molecular weight is 218 g/mol. The second kappa shape index (κ2) is 9.45. The standard InChI is InChI=1S/C10H18O5/c1-3-8-14-9(11)6-4-5-7-10(12)15-13-2/h3-8H2,1-2H3. The van der Waals surface area contributed by atoms with E-state index in [1.807, 2.05) is 6.92 Å². The molecule has 0 N–H and O–H groups in total. The molecule has 0 aromatic rings. The monoisotopic (exact) mass is 218 g/mol. The van der Waals surface area contributed by atoms with Crippen LogP contribution in [-0.2, 0) is 24.1 Å². The summed E-state index contributed by atoms with van der Waals surface area (Å²) in [6, 6.07) is 0. The normalized spacial score (nSPS) is 9.73. The zero-order valence-corrected chi connectivity index (χ0v) is 9.28. The summed E-state index contributed by atoms with van der Waals surface area (Å²) in [4.78, 5) is 30.3. The lowest BCUT2D eigenvalue weighted by Gasteiger charge is -2.02. The zero-order chi connectivity index (χ0) is 11.5. The molecule has 0 atom stereocenters. The predicted octanol–water partition coefficient (Wildman–Crippen LogP) is 1.60. The molecule has 0 rings (SSSR count). The molecule has 0 radical (unpaired) electrons. The molecular formula is C10H18O5. The Morgan fingerprint density at radius 1 is 1.07 bits per heavy atom. The highest BCUT2D eigenvalue weighted by atomic mass is 17.2. The number of carbonyl (C=O) groups excluding carboxylic acids is 2. The topological polar surface area (TPSA) is 61.8 Å². The van der Waals surface area contributed by atoms with Crippen molar-refractivity contribution < 1.29 is 24.1 Å². The summed E-state index contributed by atoms with van der Waals surface area (Å²) >= 11 is 0. The molecule has 0 saturated carbocycles. The molecule has 0 aromatic carbocycles. The highest BCUT2D eigenvalue weighted by Gasteiger charge is 2.05. The third-order valence-electron chi connectivity index (χ3n) is 1.66. The summed E-state index contributed by atoms with van der Waals surface area (Å²) in [5.74, 6) is -0.628. The lowest BCUT2D eigenvalue weighted by Crippen LogP contribution is -2.06. The van der Waals surface area contributed by atoms with E-state index in [4.69, 9.17) is 4.74 Å². The van der Waals surface area contributed by atoms with E-state index in [-0.39, 0.29) is 12.4 Å². The number of unbranched alkanes of at least 4 members (excludes halogenated alkanes) is 1. The third kappa shape index (κ3) is 9.21. The van der Waals surface area contributed by atoms with Crippen molar-refractivity contribution in [2.45, 2.75) is 39.0 Å². The third-order valence-corrected chi connectivity index (χ3v) is 1.66. The second-order valence-corrected chi connectivity index (χ2v) is 3.05. The maximum Gasteiger partial charge on any atom is 0.342 e. The van der Waals surface area contributed by atoms with Gasteiger partial charge in [0.25, 0.3) is 0 Å². The first-order valence-corrected chi connectivity index (χ1v) is 5.09. The van der Waals surface area contributed by atoms with Gasteiger partial charge >= 0.3 is 11.9 Å². The Hall–Kier alpha value is -1.10. The summed E-state index contributed by atoms with van der Waals surface area (Å²) in [7, 11) is 1.28. The van der Waals surface area contributed by atoms with Gasteiger partial charge in [-0.3, -0.25) is 9.68 Å². The molecule has 0 aromatic heterocycles. The van der Waals surface area contributed by atoms with Crippen molar-refractivity contribution in [3.8, 4) is 0 Å². The lowest BCUT2D eigenvalue weighted by molar-refractivity contribution is -0.255. The minimum Gasteiger partial charge on any atom is -0.466 e. The summed E-state index contributed by atoms with van der Waals surface area (Å²) in [6.45, 7) is 2.40. The number of hydrogen-bond acceptors (Lipinski definition) is 5. The molecule has 0 aliphatic heterocycles. The van der Waals surface area contributed by atoms with E-state index >= 15 is 0 Å². The summed E-state index contributed by atoms with van der Waals surface area (Å²) in [5, 5.41) is 0. The average Bonchev–Trinajstić information content (AvgIpc) is 2.22. The van der Waals surface area contributed by atoms with E-state index in [0.29, 0.717) is 25.9 Å². The maximum absolute atomic E-state index is 11.0. The van der Waals surface area contributed by atoms with Crippen LogP contribution in [0.4, 0.5) is 0 Å². The molecular weight excluding hydrogens is 200 g/mol. The van der Waals surface area contributed by atoms with E-state index in [1.165, 1.54) is 7.11 Å². The highest BCUT2D eigenvalue weighted by molar-refractivity contribution is 5.70. The Morgan fingerprint density at radius 3 is 2.20 bits per heavy atom. The Bertz CT molecular complexity index is 190. The number of ether oxygens (including phenoxy) is 1. The van der Waals surface area contributed by atoms with Crippen LogP contribution in [0.5, 0.6) is 0 Å². The van der Waals surface area contributed by atoms with E-state index < -0.39 is 5.97 Å². The molecule has 0 aliphatic carbocycles. The van der Waals surface area contributed by atoms with Crippen molar-refractivity contribution in [1.29, 1.82) is 0 Å². The summed E-state index contributed by atoms with van der Waals surface area (Å²) in [5.41, 5.74) is 0. The lowest BCUT2D eigenvalue weighted by atomic mass is 10.2. The molecule has 15 heavy (non-hydrogen) atoms. The summed E-state index contributed by atoms with van der Waals surface area (Å²) < 4.78 is 4.87. The van der Waals surface area contributed by atoms with E-state index in [2.05, 4.69) is 9.78 Å². The van der Waals surface area contributed by atoms with Gasteiger partial charge in [-0.05, 0) is 19.3 Å². The van der Waals surface area contributed by atoms with Crippen LogP contribution in [-0.4, -0.2) is 25.7 Å². The molecule has 0 spiro atoms. The first kappa shape index (κ1) is 13.9. The predicted molar refractivity (Wildman–Crippen MR) is 52.8 cm³/mol. The van der Waals surface area contributed by atoms with Gasteiger partial charge in [0.05, 0.1) is 13.7 Å². The molecule has 0 amide bonds. The SMILES string of the molecule is CCCOC(=O)CCCCC(=O)OOC. The van der Waals surface area contributed by atoms with Crippen LogP contribution < -0.4 is 0 Å². The molecule has 0 bridgehead atoms. The molecule has 5 heteroatoms. The van der Waals surface area contributed by atoms with Gasteiger partial charge in [-0.1, -0.05) is 6.92 Å². The number of esters is 1. The van der Waals surface area contributed by atoms with Crippen LogP contribution in [0.3, 0.4) is 0 Å². The molecule has 5 nitrogen and oxygen atoms in total. The Kier molecular flexibility index (Phi) is 8.76. The maximum atomic E-state index is 11.0. The Balaban J connectivity index is 3.30. The fraction of sp³-hybridized carbons (Fsp3) is 0.800. The molecule has 88 valence electrons. The van der Waals surface area contributed by atoms with Gasteiger partial charge in [0, 0.05) is 12.8 Å². The molecule has 0 unspecified atom stereocenters. The van der Waals surface area contributed by atoms with E-state index in [1.54, 1.807) is 0 Å². The quantitative estimate of drug-likeness (QED) is 0.268. The fourth-order valence-electron chi connectivity index (χ4n) is 0.961. The summed E-state index contributed by atoms with van der Waals surface area (Å²) in [6.07, 6.45) is 2.66. The van der Waals surface area contributed by atoms with Gasteiger partial charge in [0.2, 0.25) is 0 Å². The van der Waals surface area contributed by atoms with Crippen molar-refractivity contribution in [3.05, 3.63) is 0 Å². The van der Waals surface area contributed by atoms with Gasteiger partial charge in [-0.25, -0.2) is 4.79 Å². The first-order chi connectivity index (χ1) is 7.20. The van der Waals surface area contributed by atoms with Crippen molar-refractivity contribution in [2.24, 2.45) is 0 Å². The van der Waals surface area contributed by atoms with Crippen LogP contribution in [0.25, 0.3) is 0 Å². The number of hydrogen-bond donors (Lipinski definition) is 0. The fourth-order valence-corrected chi connectivity index (χ4v) is 0.961. The Morgan fingerprint density at radius 2 is 1.67 bits per heavy atom. The smallest absolute Gasteiger partial charge is 0.342 e.